The molecule has 1 aliphatic heterocycles. The van der Waals surface area contributed by atoms with Crippen molar-refractivity contribution < 1.29 is 81.5 Å². The average Bonchev–Trinajstić information content (AvgIpc) is 2.93. The number of rotatable bonds is 4. The van der Waals surface area contributed by atoms with E-state index in [0.717, 1.165) is 87.0 Å². The zero-order chi connectivity index (χ0) is 25.9. The second-order valence-electron chi connectivity index (χ2n) is 8.22. The van der Waals surface area contributed by atoms with E-state index in [4.69, 9.17) is 19.7 Å². The SMILES string of the molecule is O=C(O)c1ccc2ccccc2c1.O=C(O)c1ccc2ccccc2c1.[Hg][CH2]C1COC([CH2][Hg])CO1. The number of fused-ring (bicyclic) bond motifs is 2. The Labute approximate surface area is 242 Å². The number of carbonyl (C=O) groups is 2. The monoisotopic (exact) mass is 862 g/mol. The van der Waals surface area contributed by atoms with Crippen LogP contribution in [-0.2, 0) is 61.7 Å². The Kier molecular flexibility index (Phi) is 11.8. The van der Waals surface area contributed by atoms with Crippen molar-refractivity contribution >= 4 is 33.5 Å². The second-order valence-corrected chi connectivity index (χ2v) is 12.7. The topological polar surface area (TPSA) is 93.1 Å². The summed E-state index contributed by atoms with van der Waals surface area (Å²) in [5.41, 5.74) is 0.664. The zero-order valence-corrected chi connectivity index (χ0v) is 31.0. The molecule has 6 nitrogen and oxygen atoms in total. The molecule has 8 heteroatoms. The summed E-state index contributed by atoms with van der Waals surface area (Å²) in [6.45, 7) is 1.73. The predicted molar refractivity (Wildman–Crippen MR) is 131 cm³/mol. The van der Waals surface area contributed by atoms with Gasteiger partial charge in [-0.3, -0.25) is 0 Å². The normalized spacial score (nSPS) is 16.9. The standard InChI is InChI=1S/2C11H8O2.C6H10O2.2Hg/c2*12-11(13)10-6-5-8-3-1-2-4-9(8)7-10;1-5-3-8-6(2)4-7-5;;/h2*1-7H,(H,12,13);5-6H,1-4H2;;. The first-order valence-corrected chi connectivity index (χ1v) is 19.4. The molecule has 4 aromatic carbocycles. The van der Waals surface area contributed by atoms with Crippen LogP contribution in [0.2, 0.25) is 7.86 Å². The van der Waals surface area contributed by atoms with E-state index in [1.165, 1.54) is 7.86 Å². The van der Waals surface area contributed by atoms with E-state index in [-0.39, 0.29) is 0 Å². The summed E-state index contributed by atoms with van der Waals surface area (Å²) in [5, 5.41) is 21.5. The molecule has 0 aromatic heterocycles. The molecule has 36 heavy (non-hydrogen) atoms. The molecule has 0 spiro atoms. The second kappa shape index (κ2) is 14.8. The van der Waals surface area contributed by atoms with E-state index >= 15 is 0 Å². The third kappa shape index (κ3) is 8.61. The van der Waals surface area contributed by atoms with Gasteiger partial charge in [0.2, 0.25) is 0 Å². The molecule has 178 valence electrons. The van der Waals surface area contributed by atoms with Crippen LogP contribution in [0.25, 0.3) is 21.5 Å². The van der Waals surface area contributed by atoms with Crippen molar-refractivity contribution in [2.75, 3.05) is 13.2 Å². The van der Waals surface area contributed by atoms with Crippen LogP contribution in [0.3, 0.4) is 0 Å². The molecule has 2 unspecified atom stereocenters. The third-order valence-corrected chi connectivity index (χ3v) is 10.7. The summed E-state index contributed by atoms with van der Waals surface area (Å²) in [7, 11) is 0. The molecule has 0 aliphatic carbocycles. The summed E-state index contributed by atoms with van der Waals surface area (Å²) in [5.74, 6) is -1.77. The fourth-order valence-corrected chi connectivity index (χ4v) is 6.15. The van der Waals surface area contributed by atoms with E-state index in [1.807, 2.05) is 60.7 Å². The fraction of sp³-hybridized carbons (Fsp3) is 0.214. The molecule has 0 radical (unpaired) electrons. The van der Waals surface area contributed by atoms with Gasteiger partial charge >= 0.3 is 107 Å². The van der Waals surface area contributed by atoms with Gasteiger partial charge in [-0.15, -0.1) is 0 Å². The molecule has 1 aliphatic rings. The number of carboxylic acids is 2. The summed E-state index contributed by atoms with van der Waals surface area (Å²) >= 11 is 1.74. The number of aromatic carboxylic acids is 2. The van der Waals surface area contributed by atoms with Crippen LogP contribution in [0.15, 0.2) is 84.9 Å². The van der Waals surface area contributed by atoms with Gasteiger partial charge in [0.1, 0.15) is 0 Å². The molecule has 1 heterocycles. The molecule has 2 atom stereocenters. The predicted octanol–water partition coefficient (Wildman–Crippen LogP) is 5.78. The van der Waals surface area contributed by atoms with Crippen LogP contribution in [0.5, 0.6) is 0 Å². The fourth-order valence-electron chi connectivity index (χ4n) is 3.56. The average molecular weight is 860 g/mol. The van der Waals surface area contributed by atoms with Gasteiger partial charge in [0, 0.05) is 0 Å². The van der Waals surface area contributed by atoms with Gasteiger partial charge < -0.3 is 10.2 Å². The number of carboxylic acid groups (broad SMARTS) is 2. The molecule has 1 fully saturated rings. The van der Waals surface area contributed by atoms with Crippen LogP contribution in [-0.4, -0.2) is 47.6 Å². The Morgan fingerprint density at radius 3 is 1.31 bits per heavy atom. The van der Waals surface area contributed by atoms with Gasteiger partial charge in [-0.25, -0.2) is 9.59 Å². The maximum absolute atomic E-state index is 10.6. The van der Waals surface area contributed by atoms with Crippen molar-refractivity contribution in [3.8, 4) is 0 Å². The molecule has 5 rings (SSSR count). The molecule has 0 bridgehead atoms. The number of benzene rings is 4. The van der Waals surface area contributed by atoms with E-state index in [2.05, 4.69) is 0 Å². The molecule has 0 amide bonds. The quantitative estimate of drug-likeness (QED) is 0.253. The maximum atomic E-state index is 10.6. The van der Waals surface area contributed by atoms with Crippen LogP contribution < -0.4 is 0 Å². The van der Waals surface area contributed by atoms with Gasteiger partial charge in [-0.2, -0.15) is 0 Å². The van der Waals surface area contributed by atoms with Crippen molar-refractivity contribution in [2.45, 2.75) is 20.1 Å². The van der Waals surface area contributed by atoms with Gasteiger partial charge in [0.25, 0.3) is 0 Å². The van der Waals surface area contributed by atoms with Crippen molar-refractivity contribution in [1.29, 1.82) is 0 Å². The number of hydrogen-bond acceptors (Lipinski definition) is 4. The zero-order valence-electron chi connectivity index (χ0n) is 20.0. The van der Waals surface area contributed by atoms with Crippen molar-refractivity contribution in [1.82, 2.24) is 0 Å². The summed E-state index contributed by atoms with van der Waals surface area (Å²) < 4.78 is 13.7. The number of ether oxygens (including phenoxy) is 2. The van der Waals surface area contributed by atoms with E-state index in [1.54, 1.807) is 24.3 Å². The molecular formula is C28H26Hg2O6. The summed E-state index contributed by atoms with van der Waals surface area (Å²) in [6, 6.07) is 25.6. The Hall–Kier alpha value is -1.87. The van der Waals surface area contributed by atoms with E-state index < -0.39 is 11.9 Å². The Balaban J connectivity index is 0.000000152. The molecule has 4 aromatic rings. The Bertz CT molecular complexity index is 1200. The van der Waals surface area contributed by atoms with Crippen LogP contribution >= 0.6 is 0 Å². The van der Waals surface area contributed by atoms with Crippen LogP contribution in [0, 0.1) is 0 Å². The number of hydrogen-bond donors (Lipinski definition) is 2. The van der Waals surface area contributed by atoms with Gasteiger partial charge in [0.15, 0.2) is 0 Å². The molecule has 1 saturated heterocycles. The third-order valence-electron chi connectivity index (χ3n) is 5.67. The first kappa shape index (κ1) is 28.7. The Morgan fingerprint density at radius 1 is 0.639 bits per heavy atom. The molecule has 0 saturated carbocycles. The minimum atomic E-state index is -0.884. The van der Waals surface area contributed by atoms with Gasteiger partial charge in [-0.05, 0) is 45.8 Å². The van der Waals surface area contributed by atoms with E-state index in [0.29, 0.717) is 23.3 Å². The first-order valence-electron chi connectivity index (χ1n) is 11.7. The Morgan fingerprint density at radius 2 is 1.00 bits per heavy atom. The first-order chi connectivity index (χ1) is 17.4. The van der Waals surface area contributed by atoms with E-state index in [9.17, 15) is 9.59 Å². The molecular weight excluding hydrogens is 833 g/mol. The van der Waals surface area contributed by atoms with Gasteiger partial charge in [0.05, 0.1) is 11.1 Å². The van der Waals surface area contributed by atoms with Crippen molar-refractivity contribution in [2.24, 2.45) is 0 Å². The van der Waals surface area contributed by atoms with Crippen molar-refractivity contribution in [3.63, 3.8) is 0 Å². The van der Waals surface area contributed by atoms with Crippen LogP contribution in [0.4, 0.5) is 0 Å². The summed E-state index contributed by atoms with van der Waals surface area (Å²) in [6.07, 6.45) is 0.916. The van der Waals surface area contributed by atoms with Gasteiger partial charge in [-0.1, -0.05) is 60.7 Å². The minimum absolute atomic E-state index is 0.332. The van der Waals surface area contributed by atoms with Crippen molar-refractivity contribution in [3.05, 3.63) is 96.1 Å². The summed E-state index contributed by atoms with van der Waals surface area (Å²) in [4.78, 5) is 21.3. The van der Waals surface area contributed by atoms with Crippen LogP contribution in [0.1, 0.15) is 20.7 Å². The molecule has 2 N–H and O–H groups in total.